The van der Waals surface area contributed by atoms with E-state index in [0.717, 1.165) is 11.3 Å². The number of hydrogen-bond acceptors (Lipinski definition) is 5. The molecule has 1 amide bonds. The standard InChI is InChI=1S/C30H20Cl2N2O4S/c31-24-15-20(16-25(32)27(24)38-18-19-11-13-21(14-12-19)29(36)37)17-26-28(35)34(23-9-5-2-6-10-23)30(39-26)33-22-7-3-1-4-8-22/h1-17H,18H2,(H,36,37)/b26-17+,33-30?. The molecule has 5 rings (SSSR count). The third-order valence-corrected chi connectivity index (χ3v) is 7.23. The number of rotatable bonds is 7. The molecule has 1 fully saturated rings. The fourth-order valence-corrected chi connectivity index (χ4v) is 5.43. The molecule has 4 aromatic carbocycles. The Labute approximate surface area is 239 Å². The number of carbonyl (C=O) groups excluding carboxylic acids is 1. The van der Waals surface area contributed by atoms with Crippen molar-refractivity contribution in [3.8, 4) is 5.75 Å². The summed E-state index contributed by atoms with van der Waals surface area (Å²) in [4.78, 5) is 31.3. The van der Waals surface area contributed by atoms with Crippen LogP contribution >= 0.6 is 35.0 Å². The maximum absolute atomic E-state index is 13.5. The summed E-state index contributed by atoms with van der Waals surface area (Å²) in [6.45, 7) is 0.152. The molecule has 0 aromatic heterocycles. The Hall–Kier alpha value is -4.04. The van der Waals surface area contributed by atoms with Crippen molar-refractivity contribution in [2.75, 3.05) is 4.90 Å². The summed E-state index contributed by atoms with van der Waals surface area (Å²) in [5.41, 5.74) is 3.03. The van der Waals surface area contributed by atoms with Crippen LogP contribution in [0.5, 0.6) is 5.75 Å². The first kappa shape index (κ1) is 26.6. The molecule has 1 heterocycles. The SMILES string of the molecule is O=C(O)c1ccc(COc2c(Cl)cc(/C=C3/SC(=Nc4ccccc4)N(c4ccccc4)C3=O)cc2Cl)cc1. The monoisotopic (exact) mass is 574 g/mol. The van der Waals surface area contributed by atoms with Crippen molar-refractivity contribution in [3.63, 3.8) is 0 Å². The van der Waals surface area contributed by atoms with Crippen LogP contribution in [0, 0.1) is 0 Å². The molecule has 1 aliphatic heterocycles. The Balaban J connectivity index is 1.40. The minimum absolute atomic E-state index is 0.152. The number of carbonyl (C=O) groups is 2. The Morgan fingerprint density at radius 3 is 2.15 bits per heavy atom. The van der Waals surface area contributed by atoms with Crippen molar-refractivity contribution in [2.24, 2.45) is 4.99 Å². The first-order valence-corrected chi connectivity index (χ1v) is 13.3. The number of aromatic carboxylic acids is 1. The molecule has 0 aliphatic carbocycles. The number of carboxylic acid groups (broad SMARTS) is 1. The van der Waals surface area contributed by atoms with Gasteiger partial charge in [-0.15, -0.1) is 0 Å². The zero-order valence-electron chi connectivity index (χ0n) is 20.3. The first-order chi connectivity index (χ1) is 18.9. The highest BCUT2D eigenvalue weighted by Gasteiger charge is 2.34. The molecule has 0 atom stereocenters. The van der Waals surface area contributed by atoms with Gasteiger partial charge in [-0.1, -0.05) is 71.7 Å². The molecule has 9 heteroatoms. The van der Waals surface area contributed by atoms with Crippen molar-refractivity contribution in [1.29, 1.82) is 0 Å². The third kappa shape index (κ3) is 6.17. The number of carboxylic acids is 1. The van der Waals surface area contributed by atoms with Crippen LogP contribution in [0.1, 0.15) is 21.5 Å². The van der Waals surface area contributed by atoms with Gasteiger partial charge < -0.3 is 9.84 Å². The normalized spacial score (nSPS) is 15.2. The average molecular weight is 575 g/mol. The molecular weight excluding hydrogens is 555 g/mol. The van der Waals surface area contributed by atoms with E-state index in [1.807, 2.05) is 60.7 Å². The predicted molar refractivity (Wildman–Crippen MR) is 157 cm³/mol. The molecule has 0 bridgehead atoms. The minimum Gasteiger partial charge on any atom is -0.486 e. The predicted octanol–water partition coefficient (Wildman–Crippen LogP) is 8.08. The van der Waals surface area contributed by atoms with E-state index in [9.17, 15) is 9.59 Å². The molecule has 6 nitrogen and oxygen atoms in total. The van der Waals surface area contributed by atoms with E-state index in [1.54, 1.807) is 35.2 Å². The van der Waals surface area contributed by atoms with Gasteiger partial charge in [0.2, 0.25) is 0 Å². The molecule has 0 radical (unpaired) electrons. The van der Waals surface area contributed by atoms with Crippen LogP contribution in [0.25, 0.3) is 6.08 Å². The van der Waals surface area contributed by atoms with Crippen LogP contribution in [0.2, 0.25) is 10.0 Å². The first-order valence-electron chi connectivity index (χ1n) is 11.8. The molecular formula is C30H20Cl2N2O4S. The lowest BCUT2D eigenvalue weighted by atomic mass is 10.1. The molecule has 39 heavy (non-hydrogen) atoms. The second-order valence-corrected chi connectivity index (χ2v) is 10.2. The lowest BCUT2D eigenvalue weighted by Crippen LogP contribution is -2.28. The maximum Gasteiger partial charge on any atom is 0.335 e. The summed E-state index contributed by atoms with van der Waals surface area (Å²) in [5.74, 6) is -0.911. The number of aliphatic imine (C=N–C) groups is 1. The Kier molecular flexibility index (Phi) is 8.02. The highest BCUT2D eigenvalue weighted by Crippen LogP contribution is 2.40. The molecule has 0 unspecified atom stereocenters. The smallest absolute Gasteiger partial charge is 0.335 e. The molecule has 1 N–H and O–H groups in total. The van der Waals surface area contributed by atoms with E-state index in [-0.39, 0.29) is 28.1 Å². The van der Waals surface area contributed by atoms with Gasteiger partial charge in [0.05, 0.1) is 31.9 Å². The number of amidine groups is 1. The fourth-order valence-electron chi connectivity index (χ4n) is 3.82. The Bertz CT molecular complexity index is 1570. The number of ether oxygens (including phenoxy) is 1. The second-order valence-electron chi connectivity index (χ2n) is 8.42. The topological polar surface area (TPSA) is 79.2 Å². The zero-order valence-corrected chi connectivity index (χ0v) is 22.6. The van der Waals surface area contributed by atoms with Crippen LogP contribution in [0.15, 0.2) is 107 Å². The number of anilines is 1. The van der Waals surface area contributed by atoms with Crippen molar-refractivity contribution in [1.82, 2.24) is 0 Å². The maximum atomic E-state index is 13.5. The number of thioether (sulfide) groups is 1. The summed E-state index contributed by atoms with van der Waals surface area (Å²) in [6, 6.07) is 28.5. The van der Waals surface area contributed by atoms with Gasteiger partial charge in [-0.2, -0.15) is 0 Å². The minimum atomic E-state index is -0.998. The van der Waals surface area contributed by atoms with Gasteiger partial charge in [0.1, 0.15) is 6.61 Å². The number of hydrogen-bond donors (Lipinski definition) is 1. The number of nitrogens with zero attached hydrogens (tertiary/aromatic N) is 2. The molecule has 4 aromatic rings. The van der Waals surface area contributed by atoms with E-state index in [0.29, 0.717) is 27.1 Å². The van der Waals surface area contributed by atoms with Gasteiger partial charge in [0.25, 0.3) is 5.91 Å². The average Bonchev–Trinajstić information content (AvgIpc) is 3.23. The largest absolute Gasteiger partial charge is 0.486 e. The number of benzene rings is 4. The van der Waals surface area contributed by atoms with E-state index < -0.39 is 5.97 Å². The van der Waals surface area contributed by atoms with Gasteiger partial charge in [-0.25, -0.2) is 9.79 Å². The van der Waals surface area contributed by atoms with E-state index in [4.69, 9.17) is 38.0 Å². The summed E-state index contributed by atoms with van der Waals surface area (Å²) in [7, 11) is 0. The van der Waals surface area contributed by atoms with Crippen molar-refractivity contribution in [2.45, 2.75) is 6.61 Å². The summed E-state index contributed by atoms with van der Waals surface area (Å²) in [6.07, 6.45) is 1.72. The van der Waals surface area contributed by atoms with Crippen LogP contribution in [-0.4, -0.2) is 22.2 Å². The highest BCUT2D eigenvalue weighted by molar-refractivity contribution is 8.19. The second kappa shape index (κ2) is 11.8. The van der Waals surface area contributed by atoms with Gasteiger partial charge in [-0.05, 0) is 77.5 Å². The quantitative estimate of drug-likeness (QED) is 0.226. The lowest BCUT2D eigenvalue weighted by molar-refractivity contribution is -0.113. The van der Waals surface area contributed by atoms with Gasteiger partial charge >= 0.3 is 5.97 Å². The van der Waals surface area contributed by atoms with Gasteiger partial charge in [0.15, 0.2) is 10.9 Å². The lowest BCUT2D eigenvalue weighted by Gasteiger charge is -2.15. The summed E-state index contributed by atoms with van der Waals surface area (Å²) in [5, 5.41) is 10.2. The van der Waals surface area contributed by atoms with E-state index in [2.05, 4.69) is 0 Å². The molecule has 194 valence electrons. The van der Waals surface area contributed by atoms with Crippen LogP contribution in [0.3, 0.4) is 0 Å². The van der Waals surface area contributed by atoms with Crippen molar-refractivity contribution in [3.05, 3.63) is 129 Å². The van der Waals surface area contributed by atoms with Crippen LogP contribution in [0.4, 0.5) is 11.4 Å². The van der Waals surface area contributed by atoms with E-state index in [1.165, 1.54) is 23.9 Å². The molecule has 1 aliphatic rings. The molecule has 1 saturated heterocycles. The van der Waals surface area contributed by atoms with E-state index >= 15 is 0 Å². The molecule has 0 saturated carbocycles. The fraction of sp³-hybridized carbons (Fsp3) is 0.0333. The summed E-state index contributed by atoms with van der Waals surface area (Å²) < 4.78 is 5.83. The van der Waals surface area contributed by atoms with Crippen LogP contribution < -0.4 is 9.64 Å². The Morgan fingerprint density at radius 1 is 0.923 bits per heavy atom. The third-order valence-electron chi connectivity index (χ3n) is 5.70. The zero-order chi connectivity index (χ0) is 27.4. The van der Waals surface area contributed by atoms with Crippen LogP contribution in [-0.2, 0) is 11.4 Å². The number of para-hydroxylation sites is 2. The highest BCUT2D eigenvalue weighted by atomic mass is 35.5. The van der Waals surface area contributed by atoms with Crippen molar-refractivity contribution < 1.29 is 19.4 Å². The number of amides is 1. The van der Waals surface area contributed by atoms with Crippen molar-refractivity contribution >= 4 is 69.5 Å². The summed E-state index contributed by atoms with van der Waals surface area (Å²) >= 11 is 14.3. The molecule has 0 spiro atoms. The van der Waals surface area contributed by atoms with Gasteiger partial charge in [0, 0.05) is 0 Å². The van der Waals surface area contributed by atoms with Gasteiger partial charge in [-0.3, -0.25) is 9.69 Å². The number of halogens is 2. The Morgan fingerprint density at radius 2 is 1.54 bits per heavy atom.